The van der Waals surface area contributed by atoms with Gasteiger partial charge in [0.05, 0.1) is 5.57 Å². The van der Waals surface area contributed by atoms with Crippen LogP contribution in [-0.2, 0) is 14.3 Å². The highest BCUT2D eigenvalue weighted by Crippen LogP contribution is 2.61. The molecule has 3 aliphatic rings. The first-order chi connectivity index (χ1) is 11.3. The molecule has 24 heavy (non-hydrogen) atoms. The first kappa shape index (κ1) is 17.5. The lowest BCUT2D eigenvalue weighted by Crippen LogP contribution is -2.48. The number of methoxy groups -OCH3 is 1. The number of carbonyl (C=O) groups excluding carboxylic acids is 1. The van der Waals surface area contributed by atoms with Crippen LogP contribution in [0.5, 0.6) is 0 Å². The summed E-state index contributed by atoms with van der Waals surface area (Å²) in [6, 6.07) is 0. The monoisotopic (exact) mass is 330 g/mol. The lowest BCUT2D eigenvalue weighted by Gasteiger charge is -2.57. The summed E-state index contributed by atoms with van der Waals surface area (Å²) in [7, 11) is 1.54. The highest BCUT2D eigenvalue weighted by atomic mass is 16.7. The highest BCUT2D eigenvalue weighted by Gasteiger charge is 2.52. The van der Waals surface area contributed by atoms with Gasteiger partial charge in [-0.3, -0.25) is 0 Å². The van der Waals surface area contributed by atoms with E-state index in [0.717, 1.165) is 6.42 Å². The molecular formula is C21H30O3. The minimum atomic E-state index is -0.552. The fourth-order valence-corrected chi connectivity index (χ4v) is 5.43. The van der Waals surface area contributed by atoms with Crippen LogP contribution in [0.4, 0.5) is 0 Å². The zero-order valence-corrected chi connectivity index (χ0v) is 15.4. The van der Waals surface area contributed by atoms with E-state index in [1.54, 1.807) is 13.2 Å². The van der Waals surface area contributed by atoms with Crippen molar-refractivity contribution < 1.29 is 14.3 Å². The van der Waals surface area contributed by atoms with Gasteiger partial charge >= 0.3 is 5.97 Å². The zero-order chi connectivity index (χ0) is 17.5. The first-order valence-electron chi connectivity index (χ1n) is 9.09. The van der Waals surface area contributed by atoms with E-state index < -0.39 is 6.29 Å². The first-order valence-corrected chi connectivity index (χ1v) is 9.09. The molecule has 3 heteroatoms. The number of fused-ring (bicyclic) bond motifs is 1. The van der Waals surface area contributed by atoms with Crippen LogP contribution in [0.1, 0.15) is 52.9 Å². The zero-order valence-electron chi connectivity index (χ0n) is 15.4. The molecule has 0 saturated heterocycles. The van der Waals surface area contributed by atoms with Crippen LogP contribution in [-0.4, -0.2) is 19.4 Å². The van der Waals surface area contributed by atoms with E-state index in [-0.39, 0.29) is 11.4 Å². The summed E-state index contributed by atoms with van der Waals surface area (Å²) in [5.41, 5.74) is 2.51. The van der Waals surface area contributed by atoms with Gasteiger partial charge in [0, 0.05) is 13.0 Å². The molecule has 0 radical (unpaired) electrons. The Balaban J connectivity index is 1.87. The van der Waals surface area contributed by atoms with Gasteiger partial charge < -0.3 is 9.47 Å². The standard InChI is InChI=1S/C21H30O3/c1-14-7-10-17-20(2,3)11-6-12-21(17,4)16(14)9-8-15-13-18(23-5)24-19(15)22/h8-9,13,16-18H,1,6-7,10-12H2,2-5H3/t16-,17-,18?,21?/m0/s1. The second kappa shape index (κ2) is 6.18. The van der Waals surface area contributed by atoms with Crippen LogP contribution < -0.4 is 0 Å². The largest absolute Gasteiger partial charge is 0.428 e. The predicted molar refractivity (Wildman–Crippen MR) is 95.2 cm³/mol. The van der Waals surface area contributed by atoms with Gasteiger partial charge in [-0.2, -0.15) is 0 Å². The Morgan fingerprint density at radius 3 is 2.75 bits per heavy atom. The number of rotatable bonds is 3. The molecule has 0 bridgehead atoms. The lowest BCUT2D eigenvalue weighted by atomic mass is 9.47. The van der Waals surface area contributed by atoms with E-state index in [1.165, 1.54) is 31.3 Å². The average Bonchev–Trinajstić information content (AvgIpc) is 2.86. The van der Waals surface area contributed by atoms with Crippen molar-refractivity contribution in [1.82, 2.24) is 0 Å². The van der Waals surface area contributed by atoms with Crippen molar-refractivity contribution >= 4 is 5.97 Å². The van der Waals surface area contributed by atoms with E-state index in [2.05, 4.69) is 33.4 Å². The second-order valence-corrected chi connectivity index (χ2v) is 8.57. The molecule has 2 fully saturated rings. The average molecular weight is 330 g/mol. The summed E-state index contributed by atoms with van der Waals surface area (Å²) in [6.45, 7) is 11.6. The third kappa shape index (κ3) is 2.88. The fraction of sp³-hybridized carbons (Fsp3) is 0.667. The van der Waals surface area contributed by atoms with E-state index >= 15 is 0 Å². The van der Waals surface area contributed by atoms with Gasteiger partial charge in [-0.05, 0) is 48.5 Å². The Hall–Kier alpha value is -1.35. The predicted octanol–water partition coefficient (Wildman–Crippen LogP) is 4.80. The lowest BCUT2D eigenvalue weighted by molar-refractivity contribution is -0.154. The molecule has 3 rings (SSSR count). The Morgan fingerprint density at radius 2 is 2.08 bits per heavy atom. The molecule has 132 valence electrons. The number of carbonyl (C=O) groups is 1. The van der Waals surface area contributed by atoms with Crippen molar-refractivity contribution in [2.24, 2.45) is 22.7 Å². The smallest absolute Gasteiger partial charge is 0.340 e. The molecule has 0 amide bonds. The van der Waals surface area contributed by atoms with E-state index in [1.807, 2.05) is 6.08 Å². The summed E-state index contributed by atoms with van der Waals surface area (Å²) in [5.74, 6) is 0.728. The van der Waals surface area contributed by atoms with E-state index in [4.69, 9.17) is 9.47 Å². The Kier molecular flexibility index (Phi) is 4.50. The van der Waals surface area contributed by atoms with Crippen LogP contribution in [0.3, 0.4) is 0 Å². The van der Waals surface area contributed by atoms with Gasteiger partial charge in [-0.25, -0.2) is 4.79 Å². The third-order valence-corrected chi connectivity index (χ3v) is 6.66. The fourth-order valence-electron chi connectivity index (χ4n) is 5.43. The van der Waals surface area contributed by atoms with Crippen molar-refractivity contribution in [3.8, 4) is 0 Å². The van der Waals surface area contributed by atoms with E-state index in [9.17, 15) is 4.79 Å². The van der Waals surface area contributed by atoms with E-state index in [0.29, 0.717) is 22.8 Å². The van der Waals surface area contributed by atoms with Gasteiger partial charge in [0.2, 0.25) is 6.29 Å². The molecule has 4 atom stereocenters. The maximum atomic E-state index is 11.9. The number of esters is 1. The summed E-state index contributed by atoms with van der Waals surface area (Å²) in [5, 5.41) is 0. The molecule has 1 heterocycles. The maximum absolute atomic E-state index is 11.9. The highest BCUT2D eigenvalue weighted by molar-refractivity contribution is 5.93. The Bertz CT molecular complexity index is 598. The van der Waals surface area contributed by atoms with Gasteiger partial charge in [-0.1, -0.05) is 51.5 Å². The van der Waals surface area contributed by atoms with Crippen molar-refractivity contribution in [3.63, 3.8) is 0 Å². The number of ether oxygens (including phenoxy) is 2. The number of hydrogen-bond acceptors (Lipinski definition) is 3. The normalized spacial score (nSPS) is 38.8. The van der Waals surface area contributed by atoms with Crippen molar-refractivity contribution in [1.29, 1.82) is 0 Å². The Morgan fingerprint density at radius 1 is 1.33 bits per heavy atom. The number of hydrogen-bond donors (Lipinski definition) is 0. The van der Waals surface area contributed by atoms with Crippen LogP contribution in [0.2, 0.25) is 0 Å². The molecule has 3 nitrogen and oxygen atoms in total. The molecule has 2 aliphatic carbocycles. The molecule has 2 unspecified atom stereocenters. The number of cyclic esters (lactones) is 1. The summed E-state index contributed by atoms with van der Waals surface area (Å²) < 4.78 is 10.2. The molecule has 0 aromatic carbocycles. The van der Waals surface area contributed by atoms with Gasteiger partial charge in [0.1, 0.15) is 0 Å². The van der Waals surface area contributed by atoms with Gasteiger partial charge in [-0.15, -0.1) is 0 Å². The molecule has 0 aromatic heterocycles. The summed E-state index contributed by atoms with van der Waals surface area (Å²) >= 11 is 0. The molecule has 1 aliphatic heterocycles. The molecule has 2 saturated carbocycles. The maximum Gasteiger partial charge on any atom is 0.340 e. The third-order valence-electron chi connectivity index (χ3n) is 6.66. The number of allylic oxidation sites excluding steroid dienone is 2. The Labute approximate surface area is 145 Å². The van der Waals surface area contributed by atoms with Crippen LogP contribution in [0.15, 0.2) is 36.0 Å². The molecule has 0 spiro atoms. The van der Waals surface area contributed by atoms with Crippen molar-refractivity contribution in [2.45, 2.75) is 59.2 Å². The van der Waals surface area contributed by atoms with Crippen LogP contribution >= 0.6 is 0 Å². The van der Waals surface area contributed by atoms with Crippen LogP contribution in [0.25, 0.3) is 0 Å². The molecule has 0 aromatic rings. The van der Waals surface area contributed by atoms with Gasteiger partial charge in [0.25, 0.3) is 0 Å². The molecule has 0 N–H and O–H groups in total. The minimum Gasteiger partial charge on any atom is -0.428 e. The topological polar surface area (TPSA) is 35.5 Å². The van der Waals surface area contributed by atoms with Crippen molar-refractivity contribution in [2.75, 3.05) is 7.11 Å². The second-order valence-electron chi connectivity index (χ2n) is 8.57. The van der Waals surface area contributed by atoms with Crippen LogP contribution in [0, 0.1) is 22.7 Å². The van der Waals surface area contributed by atoms with Crippen molar-refractivity contribution in [3.05, 3.63) is 36.0 Å². The van der Waals surface area contributed by atoms with Gasteiger partial charge in [0.15, 0.2) is 0 Å². The SMILES string of the molecule is C=C1CC[C@H]2C(C)(C)CCCC2(C)[C@H]1C=CC1=CC(OC)OC1=O. The summed E-state index contributed by atoms with van der Waals surface area (Å²) in [6.07, 6.45) is 11.5. The summed E-state index contributed by atoms with van der Waals surface area (Å²) in [4.78, 5) is 11.9. The minimum absolute atomic E-state index is 0.233. The quantitative estimate of drug-likeness (QED) is 0.551. The molecular weight excluding hydrogens is 300 g/mol.